The van der Waals surface area contributed by atoms with Gasteiger partial charge in [0.15, 0.2) is 0 Å². The maximum atomic E-state index is 12.3. The van der Waals surface area contributed by atoms with Crippen LogP contribution in [0.2, 0.25) is 5.02 Å². The van der Waals surface area contributed by atoms with Gasteiger partial charge in [-0.1, -0.05) is 54.1 Å². The number of anilines is 1. The van der Waals surface area contributed by atoms with Crippen LogP contribution in [-0.2, 0) is 9.59 Å². The lowest BCUT2D eigenvalue weighted by molar-refractivity contribution is -0.127. The minimum absolute atomic E-state index is 0.117. The van der Waals surface area contributed by atoms with Gasteiger partial charge in [0, 0.05) is 10.7 Å². The number of benzene rings is 2. The van der Waals surface area contributed by atoms with E-state index in [1.54, 1.807) is 30.3 Å². The van der Waals surface area contributed by atoms with Gasteiger partial charge < -0.3 is 10.6 Å². The van der Waals surface area contributed by atoms with Crippen molar-refractivity contribution >= 4 is 41.2 Å². The van der Waals surface area contributed by atoms with E-state index >= 15 is 0 Å². The van der Waals surface area contributed by atoms with Gasteiger partial charge in [-0.05, 0) is 35.9 Å². The molecule has 6 nitrogen and oxygen atoms in total. The van der Waals surface area contributed by atoms with Crippen LogP contribution in [-0.4, -0.2) is 29.3 Å². The Morgan fingerprint density at radius 1 is 1.07 bits per heavy atom. The van der Waals surface area contributed by atoms with Crippen LogP contribution < -0.4 is 10.6 Å². The molecular weight excluding hydrogens is 366 g/mol. The van der Waals surface area contributed by atoms with Crippen LogP contribution in [0.15, 0.2) is 72.4 Å². The molecule has 0 bridgehead atoms. The van der Waals surface area contributed by atoms with Crippen molar-refractivity contribution in [3.8, 4) is 0 Å². The molecule has 27 heavy (non-hydrogen) atoms. The fraction of sp³-hybridized carbons (Fsp3) is 0.0500. The molecule has 0 atom stereocenters. The van der Waals surface area contributed by atoms with Crippen molar-refractivity contribution in [3.05, 3.63) is 83.0 Å². The number of carbonyl (C=O) groups excluding carboxylic acids is 3. The molecular formula is C20H16ClN3O3. The van der Waals surface area contributed by atoms with Crippen LogP contribution in [0.1, 0.15) is 5.56 Å². The minimum Gasteiger partial charge on any atom is -0.325 e. The maximum absolute atomic E-state index is 12.3. The normalized spacial score (nSPS) is 15.4. The third kappa shape index (κ3) is 4.83. The van der Waals surface area contributed by atoms with Crippen LogP contribution in [0.25, 0.3) is 6.08 Å². The highest BCUT2D eigenvalue weighted by molar-refractivity contribution is 6.30. The first-order valence-electron chi connectivity index (χ1n) is 8.14. The molecule has 0 spiro atoms. The van der Waals surface area contributed by atoms with Crippen molar-refractivity contribution in [2.45, 2.75) is 0 Å². The SMILES string of the molecule is O=C(CN1C(=O)NC(=CC=Cc2ccccc2)C1=O)Nc1ccc(Cl)cc1. The van der Waals surface area contributed by atoms with Crippen molar-refractivity contribution < 1.29 is 14.4 Å². The summed E-state index contributed by atoms with van der Waals surface area (Å²) in [6.45, 7) is -0.382. The molecule has 7 heteroatoms. The summed E-state index contributed by atoms with van der Waals surface area (Å²) in [5.41, 5.74) is 1.61. The fourth-order valence-electron chi connectivity index (χ4n) is 2.43. The predicted octanol–water partition coefficient (Wildman–Crippen LogP) is 3.43. The zero-order valence-corrected chi connectivity index (χ0v) is 14.9. The van der Waals surface area contributed by atoms with Crippen molar-refractivity contribution in [2.75, 3.05) is 11.9 Å². The monoisotopic (exact) mass is 381 g/mol. The lowest BCUT2D eigenvalue weighted by Crippen LogP contribution is -2.38. The fourth-order valence-corrected chi connectivity index (χ4v) is 2.55. The first-order chi connectivity index (χ1) is 13.0. The summed E-state index contributed by atoms with van der Waals surface area (Å²) in [4.78, 5) is 37.3. The smallest absolute Gasteiger partial charge is 0.325 e. The number of allylic oxidation sites excluding steroid dienone is 2. The number of hydrogen-bond acceptors (Lipinski definition) is 3. The van der Waals surface area contributed by atoms with Crippen LogP contribution >= 0.6 is 11.6 Å². The average molecular weight is 382 g/mol. The van der Waals surface area contributed by atoms with Gasteiger partial charge in [-0.3, -0.25) is 9.59 Å². The highest BCUT2D eigenvalue weighted by Crippen LogP contribution is 2.14. The summed E-state index contributed by atoms with van der Waals surface area (Å²) >= 11 is 5.79. The van der Waals surface area contributed by atoms with Crippen molar-refractivity contribution in [3.63, 3.8) is 0 Å². The lowest BCUT2D eigenvalue weighted by atomic mass is 10.2. The molecule has 1 saturated heterocycles. The van der Waals surface area contributed by atoms with Gasteiger partial charge >= 0.3 is 6.03 Å². The second-order valence-corrected chi connectivity index (χ2v) is 6.16. The Hall–Kier alpha value is -3.38. The summed E-state index contributed by atoms with van der Waals surface area (Å²) in [5.74, 6) is -1.04. The minimum atomic E-state index is -0.634. The molecule has 136 valence electrons. The number of hydrogen-bond donors (Lipinski definition) is 2. The number of urea groups is 1. The van der Waals surface area contributed by atoms with Crippen LogP contribution in [0, 0.1) is 0 Å². The first kappa shape index (κ1) is 18.4. The van der Waals surface area contributed by atoms with E-state index in [2.05, 4.69) is 10.6 Å². The second kappa shape index (κ2) is 8.33. The van der Waals surface area contributed by atoms with Gasteiger partial charge in [0.25, 0.3) is 5.91 Å². The van der Waals surface area contributed by atoms with Gasteiger partial charge in [0.05, 0.1) is 0 Å². The lowest BCUT2D eigenvalue weighted by Gasteiger charge is -2.11. The summed E-state index contributed by atoms with van der Waals surface area (Å²) in [6, 6.07) is 15.4. The van der Waals surface area contributed by atoms with Gasteiger partial charge in [0.2, 0.25) is 5.91 Å². The van der Waals surface area contributed by atoms with E-state index < -0.39 is 17.8 Å². The Morgan fingerprint density at radius 3 is 2.48 bits per heavy atom. The van der Waals surface area contributed by atoms with Crippen molar-refractivity contribution in [1.82, 2.24) is 10.2 Å². The van der Waals surface area contributed by atoms with Gasteiger partial charge in [-0.2, -0.15) is 0 Å². The molecule has 1 aliphatic rings. The van der Waals surface area contributed by atoms with Crippen LogP contribution in [0.3, 0.4) is 0 Å². The van der Waals surface area contributed by atoms with E-state index in [0.29, 0.717) is 10.7 Å². The summed E-state index contributed by atoms with van der Waals surface area (Å²) in [6.07, 6.45) is 4.98. The van der Waals surface area contributed by atoms with E-state index in [-0.39, 0.29) is 12.2 Å². The molecule has 4 amide bonds. The number of halogens is 1. The molecule has 1 heterocycles. The van der Waals surface area contributed by atoms with Gasteiger partial charge in [-0.15, -0.1) is 0 Å². The quantitative estimate of drug-likeness (QED) is 0.615. The van der Waals surface area contributed by atoms with Crippen LogP contribution in [0.5, 0.6) is 0 Å². The second-order valence-electron chi connectivity index (χ2n) is 5.73. The van der Waals surface area contributed by atoms with Crippen molar-refractivity contribution in [2.24, 2.45) is 0 Å². The third-order valence-corrected chi connectivity index (χ3v) is 4.00. The molecule has 2 aromatic carbocycles. The molecule has 2 aromatic rings. The summed E-state index contributed by atoms with van der Waals surface area (Å²) in [5, 5.41) is 5.62. The predicted molar refractivity (Wildman–Crippen MR) is 104 cm³/mol. The largest absolute Gasteiger partial charge is 0.329 e. The van der Waals surface area contributed by atoms with E-state index in [1.807, 2.05) is 36.4 Å². The van der Waals surface area contributed by atoms with Gasteiger partial charge in [-0.25, -0.2) is 9.69 Å². The Morgan fingerprint density at radius 2 is 1.78 bits per heavy atom. The summed E-state index contributed by atoms with van der Waals surface area (Å²) < 4.78 is 0. The average Bonchev–Trinajstić information content (AvgIpc) is 2.92. The Balaban J connectivity index is 1.61. The highest BCUT2D eigenvalue weighted by atomic mass is 35.5. The maximum Gasteiger partial charge on any atom is 0.329 e. The third-order valence-electron chi connectivity index (χ3n) is 3.74. The number of carbonyl (C=O) groups is 3. The zero-order valence-electron chi connectivity index (χ0n) is 14.2. The molecule has 0 aliphatic carbocycles. The highest BCUT2D eigenvalue weighted by Gasteiger charge is 2.34. The van der Waals surface area contributed by atoms with Crippen LogP contribution in [0.4, 0.5) is 10.5 Å². The topological polar surface area (TPSA) is 78.5 Å². The van der Waals surface area contributed by atoms with Crippen molar-refractivity contribution in [1.29, 1.82) is 0 Å². The molecule has 0 unspecified atom stereocenters. The van der Waals surface area contributed by atoms with E-state index in [0.717, 1.165) is 10.5 Å². The van der Waals surface area contributed by atoms with Gasteiger partial charge in [0.1, 0.15) is 12.2 Å². The number of imide groups is 1. The molecule has 0 saturated carbocycles. The summed E-state index contributed by atoms with van der Waals surface area (Å²) in [7, 11) is 0. The molecule has 2 N–H and O–H groups in total. The standard InChI is InChI=1S/C20H16ClN3O3/c21-15-9-11-16(12-10-15)22-18(25)13-24-19(26)17(23-20(24)27)8-4-7-14-5-2-1-3-6-14/h1-12H,13H2,(H,22,25)(H,23,27). The number of amides is 4. The molecule has 0 radical (unpaired) electrons. The molecule has 1 aliphatic heterocycles. The zero-order chi connectivity index (χ0) is 19.2. The first-order valence-corrected chi connectivity index (χ1v) is 8.52. The molecule has 0 aromatic heterocycles. The molecule has 3 rings (SSSR count). The Bertz CT molecular complexity index is 921. The van der Waals surface area contributed by atoms with E-state index in [1.165, 1.54) is 6.08 Å². The number of rotatable bonds is 5. The Kier molecular flexibility index (Phi) is 5.68. The number of nitrogens with one attached hydrogen (secondary N) is 2. The van der Waals surface area contributed by atoms with E-state index in [9.17, 15) is 14.4 Å². The van der Waals surface area contributed by atoms with E-state index in [4.69, 9.17) is 11.6 Å². The Labute approximate surface area is 161 Å². The molecule has 1 fully saturated rings. The number of nitrogens with zero attached hydrogens (tertiary/aromatic N) is 1.